The Hall–Kier alpha value is -3.64. The first kappa shape index (κ1) is 24.4. The van der Waals surface area contributed by atoms with Gasteiger partial charge in [0.25, 0.3) is 0 Å². The third-order valence-electron chi connectivity index (χ3n) is 8.72. The Morgan fingerprint density at radius 3 is 2.74 bits per heavy atom. The van der Waals surface area contributed by atoms with E-state index in [1.54, 1.807) is 18.3 Å². The molecule has 2 N–H and O–H groups in total. The van der Waals surface area contributed by atoms with Crippen molar-refractivity contribution in [3.05, 3.63) is 76.5 Å². The van der Waals surface area contributed by atoms with Gasteiger partial charge in [-0.1, -0.05) is 41.8 Å². The fraction of sp³-hybridized carbons (Fsp3) is 0.379. The van der Waals surface area contributed by atoms with Crippen LogP contribution in [0.1, 0.15) is 61.4 Å². The van der Waals surface area contributed by atoms with Gasteiger partial charge in [-0.2, -0.15) is 5.26 Å². The molecule has 10 heteroatoms. The van der Waals surface area contributed by atoms with Gasteiger partial charge in [0, 0.05) is 23.3 Å². The number of fused-ring (bicyclic) bond motifs is 2. The number of aromatic nitrogens is 4. The van der Waals surface area contributed by atoms with Crippen molar-refractivity contribution in [3.63, 3.8) is 0 Å². The molecule has 0 bridgehead atoms. The first-order valence-corrected chi connectivity index (χ1v) is 14.1. The maximum Gasteiger partial charge on any atom is 0.148 e. The minimum atomic E-state index is -0.823. The maximum atomic E-state index is 13.9. The molecule has 3 saturated carbocycles. The van der Waals surface area contributed by atoms with Crippen molar-refractivity contribution in [2.75, 3.05) is 10.6 Å². The molecule has 2 aromatic carbocycles. The topological polar surface area (TPSA) is 91.5 Å². The first-order chi connectivity index (χ1) is 18.9. The summed E-state index contributed by atoms with van der Waals surface area (Å²) in [6.45, 7) is 0. The van der Waals surface area contributed by atoms with E-state index in [0.717, 1.165) is 53.2 Å². The van der Waals surface area contributed by atoms with Gasteiger partial charge in [-0.3, -0.25) is 4.98 Å². The van der Waals surface area contributed by atoms with Crippen LogP contribution in [-0.2, 0) is 5.44 Å². The molecule has 196 valence electrons. The molecule has 0 amide bonds. The number of hydrogen-bond acceptors (Lipinski definition) is 6. The molecule has 4 aromatic rings. The quantitative estimate of drug-likeness (QED) is 0.307. The highest BCUT2D eigenvalue weighted by molar-refractivity contribution is 6.36. The van der Waals surface area contributed by atoms with Crippen LogP contribution < -0.4 is 10.6 Å². The predicted octanol–water partition coefficient (Wildman–Crippen LogP) is 5.37. The van der Waals surface area contributed by atoms with Gasteiger partial charge in [0.2, 0.25) is 0 Å². The van der Waals surface area contributed by atoms with E-state index >= 15 is 0 Å². The summed E-state index contributed by atoms with van der Waals surface area (Å²) in [6, 6.07) is 13.3. The fourth-order valence-electron chi connectivity index (χ4n) is 6.23. The van der Waals surface area contributed by atoms with Crippen molar-refractivity contribution in [1.82, 2.24) is 20.0 Å². The SMILES string of the molecule is BC(Nc1cc(Cl)c2ncc(C#N)c(NC3CCCC4CC43)c2c1)(c1ccc(F)cc1)c1cn(C2CC2)nn1. The summed E-state index contributed by atoms with van der Waals surface area (Å²) in [4.78, 5) is 4.54. The second kappa shape index (κ2) is 9.23. The molecule has 7 rings (SSSR count). The van der Waals surface area contributed by atoms with Crippen molar-refractivity contribution in [1.29, 1.82) is 5.26 Å². The summed E-state index contributed by atoms with van der Waals surface area (Å²) < 4.78 is 15.8. The summed E-state index contributed by atoms with van der Waals surface area (Å²) in [5, 5.41) is 27.5. The summed E-state index contributed by atoms with van der Waals surface area (Å²) in [5.74, 6) is 1.17. The van der Waals surface area contributed by atoms with E-state index in [2.05, 4.69) is 32.0 Å². The Morgan fingerprint density at radius 2 is 1.97 bits per heavy atom. The molecule has 3 fully saturated rings. The van der Waals surface area contributed by atoms with Gasteiger partial charge in [-0.05, 0) is 67.3 Å². The van der Waals surface area contributed by atoms with E-state index in [9.17, 15) is 9.65 Å². The molecule has 7 nitrogen and oxygen atoms in total. The molecular formula is C29H28BClFN7. The molecule has 0 radical (unpaired) electrons. The number of hydrogen-bond donors (Lipinski definition) is 2. The molecule has 0 spiro atoms. The van der Waals surface area contributed by atoms with Crippen LogP contribution in [0.25, 0.3) is 10.9 Å². The number of nitriles is 1. The van der Waals surface area contributed by atoms with E-state index in [0.29, 0.717) is 34.1 Å². The highest BCUT2D eigenvalue weighted by Gasteiger charge is 2.45. The van der Waals surface area contributed by atoms with Gasteiger partial charge in [-0.15, -0.1) is 5.10 Å². The van der Waals surface area contributed by atoms with E-state index in [1.807, 2.05) is 30.9 Å². The zero-order valence-electron chi connectivity index (χ0n) is 21.7. The largest absolute Gasteiger partial charge is 0.380 e. The van der Waals surface area contributed by atoms with Crippen LogP contribution in [0, 0.1) is 29.0 Å². The second-order valence-corrected chi connectivity index (χ2v) is 11.8. The van der Waals surface area contributed by atoms with Gasteiger partial charge in [0.15, 0.2) is 0 Å². The summed E-state index contributed by atoms with van der Waals surface area (Å²) >= 11 is 6.81. The minimum absolute atomic E-state index is 0.303. The van der Waals surface area contributed by atoms with Crippen LogP contribution in [0.2, 0.25) is 5.02 Å². The van der Waals surface area contributed by atoms with Crippen molar-refractivity contribution in [3.8, 4) is 6.07 Å². The molecular weight excluding hydrogens is 512 g/mol. The number of rotatable bonds is 7. The van der Waals surface area contributed by atoms with Crippen LogP contribution >= 0.6 is 11.6 Å². The molecule has 3 aliphatic rings. The molecule has 4 unspecified atom stereocenters. The smallest absolute Gasteiger partial charge is 0.148 e. The fourth-order valence-corrected chi connectivity index (χ4v) is 6.49. The van der Waals surface area contributed by atoms with Crippen LogP contribution in [0.5, 0.6) is 0 Å². The Labute approximate surface area is 232 Å². The lowest BCUT2D eigenvalue weighted by Crippen LogP contribution is -2.37. The normalized spacial score (nSPS) is 23.5. The standard InChI is InChI=1S/C29H28BClFN7/c30-29(18-4-6-19(32)7-5-18,26-15-39(38-37-26)21-8-9-21)36-20-11-23-27(35-25-3-1-2-16-10-22(16)25)17(13-33)14-34-28(23)24(31)12-20/h4-7,11-12,14-16,21-22,25,36H,1-3,8-10,30H2,(H,34,35). The van der Waals surface area contributed by atoms with Crippen LogP contribution in [-0.4, -0.2) is 33.9 Å². The third kappa shape index (κ3) is 4.41. The number of halogens is 2. The number of anilines is 2. The Morgan fingerprint density at radius 1 is 1.15 bits per heavy atom. The molecule has 3 aliphatic carbocycles. The number of nitrogens with zero attached hydrogens (tertiary/aromatic N) is 5. The van der Waals surface area contributed by atoms with Crippen LogP contribution in [0.15, 0.2) is 48.8 Å². The lowest BCUT2D eigenvalue weighted by Gasteiger charge is -2.31. The third-order valence-corrected chi connectivity index (χ3v) is 9.01. The average molecular weight is 540 g/mol. The summed E-state index contributed by atoms with van der Waals surface area (Å²) in [7, 11) is 2.01. The minimum Gasteiger partial charge on any atom is -0.380 e. The van der Waals surface area contributed by atoms with Gasteiger partial charge in [0.1, 0.15) is 25.4 Å². The molecule has 4 atom stereocenters. The van der Waals surface area contributed by atoms with E-state index < -0.39 is 5.44 Å². The van der Waals surface area contributed by atoms with Gasteiger partial charge < -0.3 is 10.6 Å². The number of pyridine rings is 1. The molecule has 2 aromatic heterocycles. The van der Waals surface area contributed by atoms with Gasteiger partial charge >= 0.3 is 0 Å². The maximum absolute atomic E-state index is 13.9. The molecule has 39 heavy (non-hydrogen) atoms. The first-order valence-electron chi connectivity index (χ1n) is 13.7. The van der Waals surface area contributed by atoms with E-state index in [-0.39, 0.29) is 5.82 Å². The highest BCUT2D eigenvalue weighted by Crippen LogP contribution is 2.51. The van der Waals surface area contributed by atoms with Crippen molar-refractivity contribution in [2.24, 2.45) is 11.8 Å². The lowest BCUT2D eigenvalue weighted by atomic mass is 9.69. The second-order valence-electron chi connectivity index (χ2n) is 11.4. The number of nitrogens with one attached hydrogen (secondary N) is 2. The monoisotopic (exact) mass is 539 g/mol. The zero-order chi connectivity index (χ0) is 26.7. The summed E-state index contributed by atoms with van der Waals surface area (Å²) in [6.07, 6.45) is 10.6. The molecule has 2 heterocycles. The lowest BCUT2D eigenvalue weighted by molar-refractivity contribution is 0.440. The summed E-state index contributed by atoms with van der Waals surface area (Å²) in [5.41, 5.74) is 3.42. The molecule has 0 saturated heterocycles. The van der Waals surface area contributed by atoms with Crippen LogP contribution in [0.3, 0.4) is 0 Å². The van der Waals surface area contributed by atoms with Crippen molar-refractivity contribution >= 4 is 41.7 Å². The zero-order valence-corrected chi connectivity index (χ0v) is 22.4. The van der Waals surface area contributed by atoms with Crippen LogP contribution in [0.4, 0.5) is 15.8 Å². The van der Waals surface area contributed by atoms with E-state index in [4.69, 9.17) is 11.6 Å². The highest BCUT2D eigenvalue weighted by atomic mass is 35.5. The average Bonchev–Trinajstić information content (AvgIpc) is 3.87. The van der Waals surface area contributed by atoms with Gasteiger partial charge in [0.05, 0.1) is 39.5 Å². The van der Waals surface area contributed by atoms with Crippen molar-refractivity contribution in [2.45, 2.75) is 56.0 Å². The Bertz CT molecular complexity index is 1610. The van der Waals surface area contributed by atoms with Crippen molar-refractivity contribution < 1.29 is 4.39 Å². The van der Waals surface area contributed by atoms with Gasteiger partial charge in [-0.25, -0.2) is 9.07 Å². The Balaban J connectivity index is 1.31. The van der Waals surface area contributed by atoms with E-state index in [1.165, 1.54) is 31.4 Å². The molecule has 0 aliphatic heterocycles. The number of benzene rings is 2. The predicted molar refractivity (Wildman–Crippen MR) is 152 cm³/mol. The Kier molecular flexibility index (Phi) is 5.78.